The van der Waals surface area contributed by atoms with Gasteiger partial charge >= 0.3 is 0 Å². The van der Waals surface area contributed by atoms with Crippen molar-refractivity contribution >= 4 is 62.3 Å². The average molecular weight is 576 g/mol. The number of aryl methyl sites for hydroxylation is 1. The summed E-state index contributed by atoms with van der Waals surface area (Å²) >= 11 is 12.9. The Bertz CT molecular complexity index is 1750. The van der Waals surface area contributed by atoms with Gasteiger partial charge in [-0.25, -0.2) is 13.8 Å². The van der Waals surface area contributed by atoms with Crippen LogP contribution in [0.3, 0.4) is 0 Å². The van der Waals surface area contributed by atoms with Gasteiger partial charge in [0.2, 0.25) is 0 Å². The van der Waals surface area contributed by atoms with Gasteiger partial charge in [-0.1, -0.05) is 29.3 Å². The van der Waals surface area contributed by atoms with Crippen LogP contribution < -0.4 is 11.1 Å². The number of nitrogens with one attached hydrogen (secondary N) is 2. The number of benzene rings is 1. The second-order valence-corrected chi connectivity index (χ2v) is 10.1. The number of H-pyrrole nitrogens is 1. The predicted octanol–water partition coefficient (Wildman–Crippen LogP) is 5.99. The van der Waals surface area contributed by atoms with Crippen LogP contribution in [0.5, 0.6) is 0 Å². The van der Waals surface area contributed by atoms with E-state index in [0.29, 0.717) is 43.5 Å². The minimum Gasteiger partial charge on any atom is -0.365 e. The number of fused-ring (bicyclic) bond motifs is 1. The molecular formula is C24H17Cl2F2N7O2S. The highest BCUT2D eigenvalue weighted by Crippen LogP contribution is 2.43. The zero-order chi connectivity index (χ0) is 27.3. The van der Waals surface area contributed by atoms with E-state index in [9.17, 15) is 18.4 Å². The lowest BCUT2D eigenvalue weighted by molar-refractivity contribution is 0.100. The zero-order valence-corrected chi connectivity index (χ0v) is 22.0. The number of rotatable bonds is 6. The van der Waals surface area contributed by atoms with Crippen molar-refractivity contribution in [3.63, 3.8) is 0 Å². The molecule has 5 aromatic rings. The van der Waals surface area contributed by atoms with Crippen molar-refractivity contribution in [2.75, 3.05) is 5.32 Å². The minimum atomic E-state index is -2.86. The number of pyridine rings is 1. The van der Waals surface area contributed by atoms with Crippen LogP contribution in [0.1, 0.15) is 38.0 Å². The lowest BCUT2D eigenvalue weighted by Gasteiger charge is -2.10. The molecule has 194 valence electrons. The van der Waals surface area contributed by atoms with E-state index in [4.69, 9.17) is 28.9 Å². The number of alkyl halides is 2. The molecule has 4 aromatic heterocycles. The molecule has 0 radical (unpaired) electrons. The molecule has 4 heterocycles. The molecule has 0 fully saturated rings. The number of anilines is 1. The number of hydrogen-bond acceptors (Lipinski definition) is 6. The first-order valence-corrected chi connectivity index (χ1v) is 12.5. The van der Waals surface area contributed by atoms with Crippen LogP contribution in [0.25, 0.3) is 32.6 Å². The van der Waals surface area contributed by atoms with Crippen molar-refractivity contribution in [1.29, 1.82) is 0 Å². The number of carbonyl (C=O) groups is 2. The van der Waals surface area contributed by atoms with Gasteiger partial charge in [-0.3, -0.25) is 19.4 Å². The van der Waals surface area contributed by atoms with E-state index in [2.05, 4.69) is 25.6 Å². The Kier molecular flexibility index (Phi) is 6.63. The molecule has 2 amide bonds. The van der Waals surface area contributed by atoms with Gasteiger partial charge in [0.1, 0.15) is 21.1 Å². The molecule has 0 saturated carbocycles. The predicted molar refractivity (Wildman–Crippen MR) is 142 cm³/mol. The van der Waals surface area contributed by atoms with Gasteiger partial charge in [0.25, 0.3) is 18.2 Å². The Morgan fingerprint density at radius 3 is 2.55 bits per heavy atom. The van der Waals surface area contributed by atoms with Crippen molar-refractivity contribution in [2.24, 2.45) is 12.8 Å². The summed E-state index contributed by atoms with van der Waals surface area (Å²) in [7, 11) is 1.71. The number of aromatic nitrogens is 5. The maximum absolute atomic E-state index is 13.7. The molecule has 5 rings (SSSR count). The van der Waals surface area contributed by atoms with E-state index < -0.39 is 23.9 Å². The molecule has 0 saturated heterocycles. The second kappa shape index (κ2) is 9.78. The highest BCUT2D eigenvalue weighted by Gasteiger charge is 2.26. The molecule has 14 heteroatoms. The number of halogens is 4. The first-order valence-electron chi connectivity index (χ1n) is 10.9. The standard InChI is InChI=1S/C24H17Cl2F2N7O2S/c1-9-12(8-30-35(9)2)11-6-16(21(27)28)31-24-18(11)19(20(38-24)22(29)36)32-23(37)17-7-15(33-34-17)10-3-4-13(25)14(26)5-10/h3-8,21H,1-2H3,(H2,29,36)(H,32,37)(H,33,34). The van der Waals surface area contributed by atoms with Gasteiger partial charge in [-0.15, -0.1) is 11.3 Å². The molecular weight excluding hydrogens is 559 g/mol. The first kappa shape index (κ1) is 25.8. The molecule has 0 aliphatic rings. The lowest BCUT2D eigenvalue weighted by Crippen LogP contribution is -2.17. The van der Waals surface area contributed by atoms with Crippen LogP contribution in [0.2, 0.25) is 10.0 Å². The Hall–Kier alpha value is -3.87. The fourth-order valence-corrected chi connectivity index (χ4v) is 5.23. The summed E-state index contributed by atoms with van der Waals surface area (Å²) in [6, 6.07) is 7.62. The van der Waals surface area contributed by atoms with E-state index in [1.54, 1.807) is 36.9 Å². The molecule has 4 N–H and O–H groups in total. The van der Waals surface area contributed by atoms with Crippen molar-refractivity contribution in [1.82, 2.24) is 25.0 Å². The molecule has 0 aliphatic carbocycles. The van der Waals surface area contributed by atoms with Crippen LogP contribution >= 0.6 is 34.5 Å². The Balaban J connectivity index is 1.62. The van der Waals surface area contributed by atoms with E-state index in [1.165, 1.54) is 18.3 Å². The summed E-state index contributed by atoms with van der Waals surface area (Å²) in [5.41, 5.74) is 7.84. The summed E-state index contributed by atoms with van der Waals surface area (Å²) in [5.74, 6) is -1.49. The number of primary amides is 1. The normalized spacial score (nSPS) is 11.4. The fourth-order valence-electron chi connectivity index (χ4n) is 3.92. The number of nitrogens with two attached hydrogens (primary N) is 1. The Morgan fingerprint density at radius 1 is 1.16 bits per heavy atom. The van der Waals surface area contributed by atoms with Crippen LogP contribution in [-0.4, -0.2) is 36.8 Å². The largest absolute Gasteiger partial charge is 0.365 e. The number of aromatic amines is 1. The summed E-state index contributed by atoms with van der Waals surface area (Å²) in [4.78, 5) is 29.7. The van der Waals surface area contributed by atoms with Crippen molar-refractivity contribution in [3.05, 3.63) is 68.5 Å². The van der Waals surface area contributed by atoms with E-state index in [1.807, 2.05) is 0 Å². The Morgan fingerprint density at radius 2 is 1.92 bits per heavy atom. The van der Waals surface area contributed by atoms with Crippen LogP contribution in [-0.2, 0) is 7.05 Å². The van der Waals surface area contributed by atoms with Crippen LogP contribution in [0, 0.1) is 6.92 Å². The average Bonchev–Trinajstić information content (AvgIpc) is 3.59. The number of hydrogen-bond donors (Lipinski definition) is 3. The van der Waals surface area contributed by atoms with E-state index in [0.717, 1.165) is 11.3 Å². The first-order chi connectivity index (χ1) is 18.0. The maximum atomic E-state index is 13.7. The van der Waals surface area contributed by atoms with E-state index >= 15 is 0 Å². The Labute approximate surface area is 227 Å². The minimum absolute atomic E-state index is 0.0423. The van der Waals surface area contributed by atoms with E-state index in [-0.39, 0.29) is 21.1 Å². The fraction of sp³-hybridized carbons (Fsp3) is 0.125. The molecule has 1 aromatic carbocycles. The molecule has 0 spiro atoms. The molecule has 0 unspecified atom stereocenters. The van der Waals surface area contributed by atoms with Gasteiger partial charge in [0.05, 0.1) is 27.6 Å². The maximum Gasteiger partial charge on any atom is 0.280 e. The van der Waals surface area contributed by atoms with Gasteiger partial charge < -0.3 is 11.1 Å². The zero-order valence-electron chi connectivity index (χ0n) is 19.6. The highest BCUT2D eigenvalue weighted by molar-refractivity contribution is 7.21. The quantitative estimate of drug-likeness (QED) is 0.229. The topological polar surface area (TPSA) is 132 Å². The number of amides is 2. The third-order valence-corrected chi connectivity index (χ3v) is 7.77. The van der Waals surface area contributed by atoms with Crippen LogP contribution in [0.15, 0.2) is 36.5 Å². The number of thiophene rings is 1. The van der Waals surface area contributed by atoms with Gasteiger partial charge in [0, 0.05) is 29.3 Å². The summed E-state index contributed by atoms with van der Waals surface area (Å²) in [6.45, 7) is 1.77. The molecule has 0 atom stereocenters. The monoisotopic (exact) mass is 575 g/mol. The van der Waals surface area contributed by atoms with Crippen molar-refractivity contribution < 1.29 is 18.4 Å². The van der Waals surface area contributed by atoms with Gasteiger partial charge in [-0.05, 0) is 36.8 Å². The summed E-state index contributed by atoms with van der Waals surface area (Å²) in [6.07, 6.45) is -1.34. The van der Waals surface area contributed by atoms with Crippen molar-refractivity contribution in [2.45, 2.75) is 13.3 Å². The summed E-state index contributed by atoms with van der Waals surface area (Å²) < 4.78 is 29.0. The van der Waals surface area contributed by atoms with Gasteiger partial charge in [0.15, 0.2) is 0 Å². The van der Waals surface area contributed by atoms with Crippen LogP contribution in [0.4, 0.5) is 14.5 Å². The SMILES string of the molecule is Cc1c(-c2cc(C(F)F)nc3sc(C(N)=O)c(NC(=O)c4cc(-c5ccc(Cl)c(Cl)c5)n[nH]4)c23)cnn1C. The molecule has 9 nitrogen and oxygen atoms in total. The third kappa shape index (κ3) is 4.51. The number of nitrogens with zero attached hydrogens (tertiary/aromatic N) is 4. The third-order valence-electron chi connectivity index (χ3n) is 5.93. The van der Waals surface area contributed by atoms with Crippen molar-refractivity contribution in [3.8, 4) is 22.4 Å². The molecule has 0 bridgehead atoms. The number of carbonyl (C=O) groups excluding carboxylic acids is 2. The lowest BCUT2D eigenvalue weighted by atomic mass is 10.0. The molecule has 38 heavy (non-hydrogen) atoms. The summed E-state index contributed by atoms with van der Waals surface area (Å²) in [5, 5.41) is 14.7. The van der Waals surface area contributed by atoms with Gasteiger partial charge in [-0.2, -0.15) is 10.2 Å². The smallest absolute Gasteiger partial charge is 0.280 e. The molecule has 0 aliphatic heterocycles. The second-order valence-electron chi connectivity index (χ2n) is 8.26. The highest BCUT2D eigenvalue weighted by atomic mass is 35.5.